The fourth-order valence-electron chi connectivity index (χ4n) is 3.41. The Hall–Kier alpha value is -0.0400. The molecule has 0 saturated heterocycles. The summed E-state index contributed by atoms with van der Waals surface area (Å²) in [6.45, 7) is 7.36. The molecule has 0 aromatic heterocycles. The van der Waals surface area contributed by atoms with E-state index in [0.717, 1.165) is 6.04 Å². The number of hydrogen-bond acceptors (Lipinski definition) is 1. The van der Waals surface area contributed by atoms with E-state index in [1.54, 1.807) is 0 Å². The minimum Gasteiger partial charge on any atom is -0.300 e. The van der Waals surface area contributed by atoms with Gasteiger partial charge in [0, 0.05) is 6.04 Å². The van der Waals surface area contributed by atoms with Gasteiger partial charge in [0.1, 0.15) is 0 Å². The molecule has 1 aliphatic carbocycles. The van der Waals surface area contributed by atoms with Crippen molar-refractivity contribution in [2.75, 3.05) is 13.1 Å². The zero-order valence-electron chi connectivity index (χ0n) is 13.6. The first-order chi connectivity index (χ1) is 9.38. The molecule has 114 valence electrons. The molecule has 1 nitrogen and oxygen atoms in total. The summed E-state index contributed by atoms with van der Waals surface area (Å²) in [7, 11) is 0. The van der Waals surface area contributed by atoms with Gasteiger partial charge in [-0.05, 0) is 38.8 Å². The van der Waals surface area contributed by atoms with E-state index in [-0.39, 0.29) is 0 Å². The monoisotopic (exact) mass is 267 g/mol. The van der Waals surface area contributed by atoms with Crippen LogP contribution in [0.25, 0.3) is 0 Å². The van der Waals surface area contributed by atoms with Crippen LogP contribution in [0.5, 0.6) is 0 Å². The van der Waals surface area contributed by atoms with Crippen molar-refractivity contribution in [1.29, 1.82) is 0 Å². The fourth-order valence-corrected chi connectivity index (χ4v) is 3.41. The van der Waals surface area contributed by atoms with Crippen LogP contribution >= 0.6 is 0 Å². The summed E-state index contributed by atoms with van der Waals surface area (Å²) in [4.78, 5) is 2.86. The summed E-state index contributed by atoms with van der Waals surface area (Å²) < 4.78 is 0. The Morgan fingerprint density at radius 3 is 1.63 bits per heavy atom. The molecule has 0 atom stereocenters. The molecule has 0 aromatic rings. The molecule has 1 aliphatic rings. The minimum atomic E-state index is 0.911. The van der Waals surface area contributed by atoms with Crippen molar-refractivity contribution in [3.63, 3.8) is 0 Å². The fraction of sp³-hybridized carbons (Fsp3) is 1.00. The lowest BCUT2D eigenvalue weighted by Gasteiger charge is -2.33. The van der Waals surface area contributed by atoms with Gasteiger partial charge in [-0.2, -0.15) is 0 Å². The van der Waals surface area contributed by atoms with Crippen molar-refractivity contribution in [1.82, 2.24) is 4.90 Å². The summed E-state index contributed by atoms with van der Waals surface area (Å²) in [6.07, 6.45) is 18.7. The van der Waals surface area contributed by atoms with E-state index in [1.165, 1.54) is 96.6 Å². The second-order valence-corrected chi connectivity index (χ2v) is 6.45. The Balaban J connectivity index is 2.38. The Morgan fingerprint density at radius 1 is 0.684 bits per heavy atom. The highest BCUT2D eigenvalue weighted by Crippen LogP contribution is 2.22. The Morgan fingerprint density at radius 2 is 1.16 bits per heavy atom. The molecule has 0 radical (unpaired) electrons. The maximum absolute atomic E-state index is 2.86. The van der Waals surface area contributed by atoms with Crippen LogP contribution in [0.15, 0.2) is 0 Å². The zero-order valence-corrected chi connectivity index (χ0v) is 13.6. The minimum absolute atomic E-state index is 0.911. The van der Waals surface area contributed by atoms with Crippen molar-refractivity contribution in [3.05, 3.63) is 0 Å². The largest absolute Gasteiger partial charge is 0.300 e. The van der Waals surface area contributed by atoms with Crippen LogP contribution in [0.1, 0.15) is 97.3 Å². The van der Waals surface area contributed by atoms with Crippen molar-refractivity contribution < 1.29 is 0 Å². The van der Waals surface area contributed by atoms with Crippen LogP contribution in [0.3, 0.4) is 0 Å². The summed E-state index contributed by atoms with van der Waals surface area (Å²) >= 11 is 0. The maximum Gasteiger partial charge on any atom is 0.00952 e. The van der Waals surface area contributed by atoms with Gasteiger partial charge in [-0.15, -0.1) is 0 Å². The van der Waals surface area contributed by atoms with Gasteiger partial charge in [0.2, 0.25) is 0 Å². The number of nitrogens with zero attached hydrogens (tertiary/aromatic N) is 1. The van der Waals surface area contributed by atoms with E-state index < -0.39 is 0 Å². The van der Waals surface area contributed by atoms with Crippen LogP contribution in [-0.4, -0.2) is 24.0 Å². The van der Waals surface area contributed by atoms with Gasteiger partial charge in [-0.3, -0.25) is 0 Å². The third-order valence-corrected chi connectivity index (χ3v) is 4.69. The molecule has 1 saturated carbocycles. The van der Waals surface area contributed by atoms with Crippen molar-refractivity contribution in [3.8, 4) is 0 Å². The topological polar surface area (TPSA) is 3.24 Å². The first-order valence-electron chi connectivity index (χ1n) is 9.12. The molecular weight excluding hydrogens is 230 g/mol. The first-order valence-corrected chi connectivity index (χ1v) is 9.12. The molecule has 1 fully saturated rings. The van der Waals surface area contributed by atoms with Crippen LogP contribution in [0, 0.1) is 0 Å². The van der Waals surface area contributed by atoms with E-state index >= 15 is 0 Å². The lowest BCUT2D eigenvalue weighted by molar-refractivity contribution is 0.159. The van der Waals surface area contributed by atoms with Gasteiger partial charge >= 0.3 is 0 Å². The quantitative estimate of drug-likeness (QED) is 0.478. The standard InChI is InChI=1S/C18H37N/c1-3-5-12-16-19(17-13-6-4-2)18-14-10-8-7-9-11-15-18/h18H,3-17H2,1-2H3. The van der Waals surface area contributed by atoms with E-state index in [9.17, 15) is 0 Å². The second-order valence-electron chi connectivity index (χ2n) is 6.45. The molecule has 0 aromatic carbocycles. The molecule has 1 heteroatoms. The highest BCUT2D eigenvalue weighted by Gasteiger charge is 2.18. The predicted octanol–water partition coefficient (Wildman–Crippen LogP) is 5.78. The molecule has 19 heavy (non-hydrogen) atoms. The van der Waals surface area contributed by atoms with Gasteiger partial charge in [0.25, 0.3) is 0 Å². The van der Waals surface area contributed by atoms with Gasteiger partial charge in [-0.25, -0.2) is 0 Å². The second kappa shape index (κ2) is 11.8. The summed E-state index contributed by atoms with van der Waals surface area (Å²) in [5, 5.41) is 0. The molecule has 0 heterocycles. The highest BCUT2D eigenvalue weighted by atomic mass is 15.1. The summed E-state index contributed by atoms with van der Waals surface area (Å²) in [5.41, 5.74) is 0. The lowest BCUT2D eigenvalue weighted by atomic mass is 9.95. The molecule has 0 unspecified atom stereocenters. The summed E-state index contributed by atoms with van der Waals surface area (Å²) in [6, 6.07) is 0.911. The molecule has 0 spiro atoms. The normalized spacial score (nSPS) is 18.5. The van der Waals surface area contributed by atoms with Crippen molar-refractivity contribution in [2.24, 2.45) is 0 Å². The van der Waals surface area contributed by atoms with Gasteiger partial charge in [0.05, 0.1) is 0 Å². The zero-order chi connectivity index (χ0) is 13.8. The van der Waals surface area contributed by atoms with Gasteiger partial charge in [0.15, 0.2) is 0 Å². The SMILES string of the molecule is CCCCCN(CCCCC)C1CCCCCCC1. The van der Waals surface area contributed by atoms with Crippen molar-refractivity contribution in [2.45, 2.75) is 103 Å². The Kier molecular flexibility index (Phi) is 10.5. The van der Waals surface area contributed by atoms with Crippen LogP contribution in [-0.2, 0) is 0 Å². The van der Waals surface area contributed by atoms with Crippen LogP contribution in [0.4, 0.5) is 0 Å². The number of hydrogen-bond donors (Lipinski definition) is 0. The van der Waals surface area contributed by atoms with Gasteiger partial charge in [-0.1, -0.05) is 71.6 Å². The molecule has 0 N–H and O–H groups in total. The van der Waals surface area contributed by atoms with Crippen LogP contribution < -0.4 is 0 Å². The van der Waals surface area contributed by atoms with Crippen molar-refractivity contribution >= 4 is 0 Å². The molecule has 0 amide bonds. The lowest BCUT2D eigenvalue weighted by Crippen LogP contribution is -2.37. The predicted molar refractivity (Wildman–Crippen MR) is 86.7 cm³/mol. The third-order valence-electron chi connectivity index (χ3n) is 4.69. The molecule has 0 aliphatic heterocycles. The highest BCUT2D eigenvalue weighted by molar-refractivity contribution is 4.74. The smallest absolute Gasteiger partial charge is 0.00952 e. The number of unbranched alkanes of at least 4 members (excludes halogenated alkanes) is 4. The van der Waals surface area contributed by atoms with E-state index in [4.69, 9.17) is 0 Å². The molecule has 1 rings (SSSR count). The van der Waals surface area contributed by atoms with E-state index in [1.807, 2.05) is 0 Å². The third kappa shape index (κ3) is 7.97. The maximum atomic E-state index is 2.86. The van der Waals surface area contributed by atoms with Crippen LogP contribution in [0.2, 0.25) is 0 Å². The van der Waals surface area contributed by atoms with E-state index in [0.29, 0.717) is 0 Å². The van der Waals surface area contributed by atoms with E-state index in [2.05, 4.69) is 18.7 Å². The summed E-state index contributed by atoms with van der Waals surface area (Å²) in [5.74, 6) is 0. The molecule has 0 bridgehead atoms. The average Bonchev–Trinajstić information content (AvgIpc) is 2.37. The average molecular weight is 268 g/mol. The van der Waals surface area contributed by atoms with Gasteiger partial charge < -0.3 is 4.90 Å². The Labute approximate surface area is 122 Å². The Bertz CT molecular complexity index is 172. The molecular formula is C18H37N. The number of rotatable bonds is 9. The first kappa shape index (κ1) is 17.0.